The zero-order valence-corrected chi connectivity index (χ0v) is 14.3. The van der Waals surface area contributed by atoms with Crippen LogP contribution in [0.3, 0.4) is 0 Å². The number of rotatable bonds is 2. The third-order valence-corrected chi connectivity index (χ3v) is 6.94. The van der Waals surface area contributed by atoms with Crippen molar-refractivity contribution in [1.29, 1.82) is 0 Å². The van der Waals surface area contributed by atoms with Gasteiger partial charge in [0.15, 0.2) is 0 Å². The van der Waals surface area contributed by atoms with E-state index < -0.39 is 0 Å². The second-order valence-corrected chi connectivity index (χ2v) is 8.19. The van der Waals surface area contributed by atoms with E-state index in [1.54, 1.807) is 11.3 Å². The van der Waals surface area contributed by atoms with Gasteiger partial charge in [-0.25, -0.2) is 0 Å². The molecule has 1 aliphatic carbocycles. The summed E-state index contributed by atoms with van der Waals surface area (Å²) in [5.74, 6) is 1.04. The lowest BCUT2D eigenvalue weighted by Crippen LogP contribution is -2.21. The number of nitrogens with zero attached hydrogens (tertiary/aromatic N) is 1. The predicted octanol–water partition coefficient (Wildman–Crippen LogP) is 3.52. The maximum Gasteiger partial charge on any atom is 0.271 e. The van der Waals surface area contributed by atoms with Gasteiger partial charge in [-0.1, -0.05) is 25.3 Å². The minimum Gasteiger partial charge on any atom is -0.310 e. The van der Waals surface area contributed by atoms with E-state index in [1.165, 1.54) is 31.0 Å². The zero-order valence-electron chi connectivity index (χ0n) is 12.7. The van der Waals surface area contributed by atoms with Crippen LogP contribution in [-0.4, -0.2) is 21.4 Å². The van der Waals surface area contributed by atoms with Gasteiger partial charge >= 0.3 is 0 Å². The van der Waals surface area contributed by atoms with Crippen molar-refractivity contribution >= 4 is 34.8 Å². The Bertz CT molecular complexity index is 757. The highest BCUT2D eigenvalue weighted by atomic mass is 32.2. The molecule has 0 spiro atoms. The molecule has 5 nitrogen and oxygen atoms in total. The van der Waals surface area contributed by atoms with Crippen LogP contribution in [0.25, 0.3) is 0 Å². The van der Waals surface area contributed by atoms with Crippen molar-refractivity contribution in [3.05, 3.63) is 38.3 Å². The molecule has 1 fully saturated rings. The van der Waals surface area contributed by atoms with Gasteiger partial charge in [-0.3, -0.25) is 19.4 Å². The predicted molar refractivity (Wildman–Crippen MR) is 94.4 cm³/mol. The topological polar surface area (TPSA) is 66.9 Å². The first kappa shape index (κ1) is 15.1. The number of hydrogen-bond acceptors (Lipinski definition) is 4. The van der Waals surface area contributed by atoms with Crippen LogP contribution in [0, 0.1) is 0 Å². The van der Waals surface area contributed by atoms with Gasteiger partial charge < -0.3 is 5.32 Å². The molecule has 1 unspecified atom stereocenters. The van der Waals surface area contributed by atoms with Crippen LogP contribution in [0.5, 0.6) is 0 Å². The monoisotopic (exact) mass is 349 g/mol. The van der Waals surface area contributed by atoms with Gasteiger partial charge in [0.1, 0.15) is 5.82 Å². The van der Waals surface area contributed by atoms with Crippen LogP contribution >= 0.6 is 23.1 Å². The van der Waals surface area contributed by atoms with Crippen molar-refractivity contribution in [2.45, 2.75) is 43.4 Å². The molecule has 0 bridgehead atoms. The number of aromatic amines is 1. The summed E-state index contributed by atoms with van der Waals surface area (Å²) in [7, 11) is 0. The molecule has 0 saturated heterocycles. The van der Waals surface area contributed by atoms with E-state index in [2.05, 4.69) is 10.4 Å². The molecular formula is C16H19N3O2S2. The Morgan fingerprint density at radius 3 is 2.74 bits per heavy atom. The van der Waals surface area contributed by atoms with Crippen molar-refractivity contribution in [2.75, 3.05) is 11.1 Å². The van der Waals surface area contributed by atoms with Crippen LogP contribution in [0.15, 0.2) is 22.3 Å². The quantitative estimate of drug-likeness (QED) is 0.872. The maximum absolute atomic E-state index is 12.7. The van der Waals surface area contributed by atoms with E-state index in [4.69, 9.17) is 0 Å². The van der Waals surface area contributed by atoms with Crippen molar-refractivity contribution in [1.82, 2.24) is 9.78 Å². The van der Waals surface area contributed by atoms with Gasteiger partial charge in [-0.15, -0.1) is 23.1 Å². The lowest BCUT2D eigenvalue weighted by Gasteiger charge is -2.24. The van der Waals surface area contributed by atoms with E-state index in [-0.39, 0.29) is 22.8 Å². The van der Waals surface area contributed by atoms with Crippen molar-refractivity contribution in [3.63, 3.8) is 0 Å². The number of nitrogens with one attached hydrogen (secondary N) is 2. The number of carbonyl (C=O) groups excluding carboxylic acids is 1. The molecule has 2 aromatic heterocycles. The summed E-state index contributed by atoms with van der Waals surface area (Å²) in [5.41, 5.74) is 0.632. The van der Waals surface area contributed by atoms with Crippen molar-refractivity contribution in [2.24, 2.45) is 0 Å². The molecule has 1 amide bonds. The number of anilines is 1. The normalized spacial score (nSPS) is 22.4. The molecule has 4 rings (SSSR count). The Kier molecular flexibility index (Phi) is 4.07. The van der Waals surface area contributed by atoms with Crippen LogP contribution in [0.4, 0.5) is 5.82 Å². The standard InChI is InChI=1S/C16H19N3O2S2/c20-12-9-23-14(11-7-4-8-22-11)13-15(17-12)19(18-16(13)21)10-5-2-1-3-6-10/h4,7-8,10,14H,1-3,5-6,9H2,(H,17,20)(H,18,21). The fourth-order valence-corrected chi connectivity index (χ4v) is 5.62. The summed E-state index contributed by atoms with van der Waals surface area (Å²) in [6.07, 6.45) is 5.73. The summed E-state index contributed by atoms with van der Waals surface area (Å²) in [6, 6.07) is 4.32. The van der Waals surface area contributed by atoms with Crippen LogP contribution in [0.1, 0.15) is 53.8 Å². The van der Waals surface area contributed by atoms with E-state index in [1.807, 2.05) is 22.2 Å². The Morgan fingerprint density at radius 2 is 2.00 bits per heavy atom. The number of amides is 1. The second-order valence-electron chi connectivity index (χ2n) is 6.12. The maximum atomic E-state index is 12.7. The van der Waals surface area contributed by atoms with E-state index in [0.29, 0.717) is 17.1 Å². The first-order valence-corrected chi connectivity index (χ1v) is 9.96. The molecule has 122 valence electrons. The summed E-state index contributed by atoms with van der Waals surface area (Å²) < 4.78 is 1.93. The number of carbonyl (C=O) groups is 1. The molecule has 1 saturated carbocycles. The summed E-state index contributed by atoms with van der Waals surface area (Å²) in [6.45, 7) is 0. The Labute approximate surface area is 142 Å². The first-order valence-electron chi connectivity index (χ1n) is 8.03. The molecule has 1 atom stereocenters. The third kappa shape index (κ3) is 2.76. The van der Waals surface area contributed by atoms with Crippen LogP contribution in [0.2, 0.25) is 0 Å². The number of thiophene rings is 1. The highest BCUT2D eigenvalue weighted by Crippen LogP contribution is 2.42. The molecular weight excluding hydrogens is 330 g/mol. The zero-order chi connectivity index (χ0) is 15.8. The van der Waals surface area contributed by atoms with Gasteiger partial charge in [0.2, 0.25) is 5.91 Å². The van der Waals surface area contributed by atoms with Gasteiger partial charge in [0.25, 0.3) is 5.56 Å². The van der Waals surface area contributed by atoms with E-state index >= 15 is 0 Å². The number of H-pyrrole nitrogens is 1. The molecule has 2 N–H and O–H groups in total. The number of fused-ring (bicyclic) bond motifs is 1. The molecule has 23 heavy (non-hydrogen) atoms. The summed E-state index contributed by atoms with van der Waals surface area (Å²) >= 11 is 3.17. The minimum absolute atomic E-state index is 0.0288. The molecule has 0 radical (unpaired) electrons. The lowest BCUT2D eigenvalue weighted by atomic mass is 9.95. The summed E-state index contributed by atoms with van der Waals surface area (Å²) in [5, 5.41) is 7.92. The van der Waals surface area contributed by atoms with Crippen molar-refractivity contribution < 1.29 is 4.79 Å². The first-order chi connectivity index (χ1) is 11.2. The smallest absolute Gasteiger partial charge is 0.271 e. The fraction of sp³-hybridized carbons (Fsp3) is 0.500. The molecule has 2 aromatic rings. The fourth-order valence-electron chi connectivity index (χ4n) is 3.52. The molecule has 0 aromatic carbocycles. The SMILES string of the molecule is O=C1CSC(c2cccs2)c2c(n(C3CCCCC3)[nH]c2=O)N1. The molecule has 2 aliphatic rings. The van der Waals surface area contributed by atoms with Crippen molar-refractivity contribution in [3.8, 4) is 0 Å². The number of hydrogen-bond donors (Lipinski definition) is 2. The Morgan fingerprint density at radius 1 is 1.17 bits per heavy atom. The average molecular weight is 349 g/mol. The van der Waals surface area contributed by atoms with Crippen LogP contribution < -0.4 is 10.9 Å². The van der Waals surface area contributed by atoms with Crippen LogP contribution in [-0.2, 0) is 4.79 Å². The minimum atomic E-state index is -0.0717. The lowest BCUT2D eigenvalue weighted by molar-refractivity contribution is -0.113. The average Bonchev–Trinajstić information content (AvgIpc) is 3.15. The molecule has 3 heterocycles. The number of thioether (sulfide) groups is 1. The Balaban J connectivity index is 1.82. The highest BCUT2D eigenvalue weighted by Gasteiger charge is 2.32. The highest BCUT2D eigenvalue weighted by molar-refractivity contribution is 8.00. The van der Waals surface area contributed by atoms with Gasteiger partial charge in [0.05, 0.1) is 22.6 Å². The molecule has 1 aliphatic heterocycles. The second kappa shape index (κ2) is 6.20. The third-order valence-electron chi connectivity index (χ3n) is 4.61. The Hall–Kier alpha value is -1.47. The molecule has 7 heteroatoms. The van der Waals surface area contributed by atoms with E-state index in [9.17, 15) is 9.59 Å². The van der Waals surface area contributed by atoms with Gasteiger partial charge in [-0.2, -0.15) is 0 Å². The largest absolute Gasteiger partial charge is 0.310 e. The summed E-state index contributed by atoms with van der Waals surface area (Å²) in [4.78, 5) is 25.9. The number of aromatic nitrogens is 2. The van der Waals surface area contributed by atoms with E-state index in [0.717, 1.165) is 17.7 Å². The van der Waals surface area contributed by atoms with Gasteiger partial charge in [0, 0.05) is 4.88 Å². The van der Waals surface area contributed by atoms with Gasteiger partial charge in [-0.05, 0) is 24.3 Å².